The number of nitrogens with zero attached hydrogens (tertiary/aromatic N) is 5. The van der Waals surface area contributed by atoms with Crippen LogP contribution in [0.1, 0.15) is 19.3 Å². The van der Waals surface area contributed by atoms with Gasteiger partial charge in [0.1, 0.15) is 5.75 Å². The number of rotatable bonds is 4. The predicted molar refractivity (Wildman–Crippen MR) is 102 cm³/mol. The maximum Gasteiger partial charge on any atom is 0.250 e. The molecule has 0 bridgehead atoms. The van der Waals surface area contributed by atoms with Crippen LogP contribution in [-0.4, -0.2) is 44.1 Å². The van der Waals surface area contributed by atoms with E-state index in [4.69, 9.17) is 0 Å². The maximum absolute atomic E-state index is 13.5. The van der Waals surface area contributed by atoms with Gasteiger partial charge < -0.3 is 10.0 Å². The van der Waals surface area contributed by atoms with E-state index in [1.54, 1.807) is 40.9 Å². The van der Waals surface area contributed by atoms with Gasteiger partial charge in [-0.25, -0.2) is 8.78 Å². The van der Waals surface area contributed by atoms with Crippen molar-refractivity contribution >= 4 is 5.82 Å². The molecule has 0 aliphatic heterocycles. The van der Waals surface area contributed by atoms with Crippen LogP contribution in [0.3, 0.4) is 0 Å². The van der Waals surface area contributed by atoms with Gasteiger partial charge in [0, 0.05) is 50.3 Å². The minimum atomic E-state index is -2.60. The quantitative estimate of drug-likeness (QED) is 0.738. The van der Waals surface area contributed by atoms with Gasteiger partial charge in [-0.3, -0.25) is 4.68 Å². The van der Waals surface area contributed by atoms with Gasteiger partial charge in [-0.2, -0.15) is 5.10 Å². The minimum absolute atomic E-state index is 0.0778. The van der Waals surface area contributed by atoms with E-state index >= 15 is 0 Å². The third-order valence-electron chi connectivity index (χ3n) is 5.22. The van der Waals surface area contributed by atoms with Crippen molar-refractivity contribution in [1.29, 1.82) is 0 Å². The molecule has 2 heterocycles. The van der Waals surface area contributed by atoms with Gasteiger partial charge in [-0.1, -0.05) is 6.07 Å². The molecule has 0 unspecified atom stereocenters. The Kier molecular flexibility index (Phi) is 4.49. The minimum Gasteiger partial charge on any atom is -0.507 e. The number of benzene rings is 1. The van der Waals surface area contributed by atoms with Gasteiger partial charge in [0.15, 0.2) is 5.82 Å². The van der Waals surface area contributed by atoms with E-state index in [0.29, 0.717) is 23.5 Å². The number of aryl methyl sites for hydroxylation is 1. The molecule has 1 aromatic carbocycles. The number of alkyl halides is 2. The van der Waals surface area contributed by atoms with E-state index in [2.05, 4.69) is 15.3 Å². The van der Waals surface area contributed by atoms with Crippen LogP contribution in [0.2, 0.25) is 0 Å². The Hall–Kier alpha value is -3.03. The Bertz CT molecular complexity index is 987. The third kappa shape index (κ3) is 3.54. The first-order valence-corrected chi connectivity index (χ1v) is 9.10. The lowest BCUT2D eigenvalue weighted by Crippen LogP contribution is -2.31. The lowest BCUT2D eigenvalue weighted by Gasteiger charge is -2.25. The Morgan fingerprint density at radius 1 is 1.14 bits per heavy atom. The Morgan fingerprint density at radius 2 is 1.96 bits per heavy atom. The van der Waals surface area contributed by atoms with E-state index in [0.717, 1.165) is 11.3 Å². The monoisotopic (exact) mass is 385 g/mol. The molecule has 1 N–H and O–H groups in total. The molecule has 3 aromatic rings. The highest BCUT2D eigenvalue weighted by Gasteiger charge is 2.41. The lowest BCUT2D eigenvalue weighted by atomic mass is 10.1. The zero-order chi connectivity index (χ0) is 19.9. The van der Waals surface area contributed by atoms with Crippen LogP contribution in [0.4, 0.5) is 14.6 Å². The number of phenolic OH excluding ortho intramolecular Hbond substituents is 1. The lowest BCUT2D eigenvalue weighted by molar-refractivity contribution is 0.00786. The second kappa shape index (κ2) is 6.85. The van der Waals surface area contributed by atoms with Crippen molar-refractivity contribution in [3.05, 3.63) is 42.6 Å². The van der Waals surface area contributed by atoms with Crippen molar-refractivity contribution in [2.75, 3.05) is 11.9 Å². The maximum atomic E-state index is 13.5. The molecule has 28 heavy (non-hydrogen) atoms. The van der Waals surface area contributed by atoms with Crippen LogP contribution in [0.5, 0.6) is 5.75 Å². The molecule has 0 radical (unpaired) electrons. The average Bonchev–Trinajstić information content (AvgIpc) is 3.26. The second-order valence-electron chi connectivity index (χ2n) is 7.25. The normalized spacial score (nSPS) is 18.4. The summed E-state index contributed by atoms with van der Waals surface area (Å²) in [4.78, 5) is 1.75. The van der Waals surface area contributed by atoms with E-state index in [1.165, 1.54) is 0 Å². The highest BCUT2D eigenvalue weighted by molar-refractivity contribution is 5.73. The molecule has 2 aromatic heterocycles. The fourth-order valence-corrected chi connectivity index (χ4v) is 3.58. The number of aromatic nitrogens is 4. The van der Waals surface area contributed by atoms with Gasteiger partial charge >= 0.3 is 0 Å². The first-order chi connectivity index (χ1) is 13.3. The smallest absolute Gasteiger partial charge is 0.250 e. The first-order valence-electron chi connectivity index (χ1n) is 9.10. The van der Waals surface area contributed by atoms with Gasteiger partial charge in [-0.05, 0) is 36.8 Å². The SMILES string of the molecule is CN(c1ccc(-c2ccc(-c3ccn(C)n3)cc2O)nn1)[C@@H]1CCC(F)(F)C1. The number of hydrogen-bond acceptors (Lipinski definition) is 5. The van der Waals surface area contributed by atoms with Crippen LogP contribution < -0.4 is 4.90 Å². The van der Waals surface area contributed by atoms with Crippen molar-refractivity contribution in [2.45, 2.75) is 31.2 Å². The third-order valence-corrected chi connectivity index (χ3v) is 5.22. The van der Waals surface area contributed by atoms with Crippen LogP contribution in [-0.2, 0) is 7.05 Å². The fourth-order valence-electron chi connectivity index (χ4n) is 3.58. The standard InChI is InChI=1S/C20H21F2N5O/c1-26-10-8-16(25-26)13-3-4-15(18(28)11-13)17-5-6-19(24-23-17)27(2)14-7-9-20(21,22)12-14/h3-6,8,10-11,14,28H,7,9,12H2,1-2H3/t14-/m1/s1. The molecule has 4 rings (SSSR count). The van der Waals surface area contributed by atoms with E-state index < -0.39 is 5.92 Å². The molecule has 1 fully saturated rings. The van der Waals surface area contributed by atoms with Crippen molar-refractivity contribution in [2.24, 2.45) is 7.05 Å². The van der Waals surface area contributed by atoms with E-state index in [9.17, 15) is 13.9 Å². The molecule has 0 saturated heterocycles. The number of phenols is 1. The van der Waals surface area contributed by atoms with Crippen LogP contribution >= 0.6 is 0 Å². The average molecular weight is 385 g/mol. The van der Waals surface area contributed by atoms with Crippen molar-refractivity contribution in [3.8, 4) is 28.3 Å². The zero-order valence-corrected chi connectivity index (χ0v) is 15.7. The summed E-state index contributed by atoms with van der Waals surface area (Å²) in [7, 11) is 3.59. The number of halogens is 2. The summed E-state index contributed by atoms with van der Waals surface area (Å²) in [5, 5.41) is 23.1. The summed E-state index contributed by atoms with van der Waals surface area (Å²) >= 11 is 0. The summed E-state index contributed by atoms with van der Waals surface area (Å²) < 4.78 is 28.6. The van der Waals surface area contributed by atoms with E-state index in [-0.39, 0.29) is 24.6 Å². The topological polar surface area (TPSA) is 67.1 Å². The van der Waals surface area contributed by atoms with Crippen LogP contribution in [0.15, 0.2) is 42.6 Å². The highest BCUT2D eigenvalue weighted by atomic mass is 19.3. The molecule has 0 amide bonds. The molecule has 0 spiro atoms. The van der Waals surface area contributed by atoms with Gasteiger partial charge in [0.05, 0.1) is 11.4 Å². The van der Waals surface area contributed by atoms with Gasteiger partial charge in [0.25, 0.3) is 0 Å². The number of aromatic hydroxyl groups is 1. The molecule has 6 nitrogen and oxygen atoms in total. The summed E-state index contributed by atoms with van der Waals surface area (Å²) in [6.07, 6.45) is 2.01. The first kappa shape index (κ1) is 18.3. The number of anilines is 1. The molecule has 1 atom stereocenters. The van der Waals surface area contributed by atoms with Gasteiger partial charge in [0.2, 0.25) is 5.92 Å². The Balaban J connectivity index is 1.54. The van der Waals surface area contributed by atoms with Crippen molar-refractivity contribution in [1.82, 2.24) is 20.0 Å². The van der Waals surface area contributed by atoms with Crippen LogP contribution in [0.25, 0.3) is 22.5 Å². The zero-order valence-electron chi connectivity index (χ0n) is 15.7. The predicted octanol–water partition coefficient (Wildman–Crippen LogP) is 3.87. The fraction of sp³-hybridized carbons (Fsp3) is 0.350. The Labute approximate surface area is 161 Å². The van der Waals surface area contributed by atoms with Crippen molar-refractivity contribution in [3.63, 3.8) is 0 Å². The summed E-state index contributed by atoms with van der Waals surface area (Å²) in [6, 6.07) is 10.4. The molecule has 1 aliphatic carbocycles. The van der Waals surface area contributed by atoms with Gasteiger partial charge in [-0.15, -0.1) is 10.2 Å². The summed E-state index contributed by atoms with van der Waals surface area (Å²) in [6.45, 7) is 0. The molecular weight excluding hydrogens is 364 g/mol. The summed E-state index contributed by atoms with van der Waals surface area (Å²) in [5.74, 6) is -1.99. The second-order valence-corrected chi connectivity index (χ2v) is 7.25. The molecule has 1 aliphatic rings. The molecule has 146 valence electrons. The summed E-state index contributed by atoms with van der Waals surface area (Å²) in [5.41, 5.74) is 2.63. The Morgan fingerprint density at radius 3 is 2.54 bits per heavy atom. The largest absolute Gasteiger partial charge is 0.507 e. The molecular formula is C20H21F2N5O. The van der Waals surface area contributed by atoms with Crippen molar-refractivity contribution < 1.29 is 13.9 Å². The highest BCUT2D eigenvalue weighted by Crippen LogP contribution is 2.38. The molecule has 1 saturated carbocycles. The van der Waals surface area contributed by atoms with E-state index in [1.807, 2.05) is 25.4 Å². The van der Waals surface area contributed by atoms with Crippen LogP contribution in [0, 0.1) is 0 Å². The number of hydrogen-bond donors (Lipinski definition) is 1. The molecule has 8 heteroatoms.